The number of aromatic nitrogens is 3. The van der Waals surface area contributed by atoms with E-state index in [2.05, 4.69) is 15.5 Å². The molecule has 2 aromatic rings. The zero-order valence-corrected chi connectivity index (χ0v) is 15.5. The molecular weight excluding hydrogens is 338 g/mol. The molecule has 2 amide bonds. The molecule has 1 heterocycles. The molecule has 1 aromatic carbocycles. The van der Waals surface area contributed by atoms with Crippen LogP contribution in [0.4, 0.5) is 5.69 Å². The summed E-state index contributed by atoms with van der Waals surface area (Å²) in [6.07, 6.45) is 0.682. The topological polar surface area (TPSA) is 103 Å². The predicted octanol–water partition coefficient (Wildman–Crippen LogP) is 2.06. The molecule has 0 aliphatic rings. The van der Waals surface area contributed by atoms with E-state index in [0.717, 1.165) is 16.8 Å². The Kier molecular flexibility index (Phi) is 6.58. The molecule has 0 aliphatic heterocycles. The Morgan fingerprint density at radius 1 is 1.28 bits per heavy atom. The highest BCUT2D eigenvalue weighted by Crippen LogP contribution is 2.20. The van der Waals surface area contributed by atoms with E-state index in [1.54, 1.807) is 0 Å². The molecule has 7 nitrogen and oxygen atoms in total. The van der Waals surface area contributed by atoms with E-state index >= 15 is 0 Å². The summed E-state index contributed by atoms with van der Waals surface area (Å²) in [5.41, 5.74) is 8.12. The Balaban J connectivity index is 1.97. The van der Waals surface area contributed by atoms with Crippen LogP contribution >= 0.6 is 11.8 Å². The summed E-state index contributed by atoms with van der Waals surface area (Å²) in [7, 11) is 0. The van der Waals surface area contributed by atoms with Crippen LogP contribution in [0.2, 0.25) is 0 Å². The van der Waals surface area contributed by atoms with Crippen LogP contribution in [0.15, 0.2) is 23.4 Å². The summed E-state index contributed by atoms with van der Waals surface area (Å²) in [5.74, 6) is 0.482. The lowest BCUT2D eigenvalue weighted by Gasteiger charge is -2.10. The summed E-state index contributed by atoms with van der Waals surface area (Å²) >= 11 is 1.33. The SMILES string of the molecule is CCn1c(CCC(N)=O)nnc1SCC(=O)Nc1cc(C)ccc1C. The number of primary amides is 1. The Hall–Kier alpha value is -2.35. The largest absolute Gasteiger partial charge is 0.370 e. The van der Waals surface area contributed by atoms with Gasteiger partial charge in [-0.1, -0.05) is 23.9 Å². The molecule has 0 spiro atoms. The smallest absolute Gasteiger partial charge is 0.234 e. The van der Waals surface area contributed by atoms with Gasteiger partial charge in [-0.2, -0.15) is 0 Å². The average molecular weight is 361 g/mol. The highest BCUT2D eigenvalue weighted by molar-refractivity contribution is 7.99. The molecule has 0 unspecified atom stereocenters. The first kappa shape index (κ1) is 19.0. The quantitative estimate of drug-likeness (QED) is 0.701. The van der Waals surface area contributed by atoms with E-state index in [-0.39, 0.29) is 24.0 Å². The fourth-order valence-electron chi connectivity index (χ4n) is 2.35. The van der Waals surface area contributed by atoms with Gasteiger partial charge in [-0.25, -0.2) is 0 Å². The number of aryl methyl sites for hydroxylation is 3. The van der Waals surface area contributed by atoms with Crippen LogP contribution < -0.4 is 11.1 Å². The highest BCUT2D eigenvalue weighted by Gasteiger charge is 2.14. The molecule has 134 valence electrons. The molecule has 8 heteroatoms. The maximum absolute atomic E-state index is 12.2. The van der Waals surface area contributed by atoms with Gasteiger partial charge in [0.25, 0.3) is 0 Å². The number of hydrogen-bond acceptors (Lipinski definition) is 5. The van der Waals surface area contributed by atoms with Gasteiger partial charge in [-0.15, -0.1) is 10.2 Å². The van der Waals surface area contributed by atoms with Gasteiger partial charge in [-0.3, -0.25) is 9.59 Å². The Morgan fingerprint density at radius 2 is 2.04 bits per heavy atom. The van der Waals surface area contributed by atoms with Crippen molar-refractivity contribution in [3.8, 4) is 0 Å². The van der Waals surface area contributed by atoms with E-state index in [9.17, 15) is 9.59 Å². The summed E-state index contributed by atoms with van der Waals surface area (Å²) in [6, 6.07) is 5.95. The Morgan fingerprint density at radius 3 is 2.72 bits per heavy atom. The monoisotopic (exact) mass is 361 g/mol. The summed E-state index contributed by atoms with van der Waals surface area (Å²) < 4.78 is 1.90. The van der Waals surface area contributed by atoms with Crippen molar-refractivity contribution in [2.45, 2.75) is 45.3 Å². The first-order valence-corrected chi connectivity index (χ1v) is 9.09. The standard InChI is InChI=1S/C17H23N5O2S/c1-4-22-15(8-7-14(18)23)20-21-17(22)25-10-16(24)19-13-9-11(2)5-6-12(13)3/h5-6,9H,4,7-8,10H2,1-3H3,(H2,18,23)(H,19,24). The van der Waals surface area contributed by atoms with Crippen molar-refractivity contribution < 1.29 is 9.59 Å². The molecule has 0 atom stereocenters. The Labute approximate surface area is 151 Å². The van der Waals surface area contributed by atoms with Crippen LogP contribution in [0.3, 0.4) is 0 Å². The lowest BCUT2D eigenvalue weighted by atomic mass is 10.1. The summed E-state index contributed by atoms with van der Waals surface area (Å²) in [5, 5.41) is 11.8. The highest BCUT2D eigenvalue weighted by atomic mass is 32.2. The van der Waals surface area contributed by atoms with Crippen LogP contribution in [0.1, 0.15) is 30.3 Å². The van der Waals surface area contributed by atoms with Crippen molar-refractivity contribution in [3.63, 3.8) is 0 Å². The average Bonchev–Trinajstić information content (AvgIpc) is 2.96. The third-order valence-electron chi connectivity index (χ3n) is 3.70. The minimum absolute atomic E-state index is 0.0944. The van der Waals surface area contributed by atoms with E-state index < -0.39 is 0 Å². The van der Waals surface area contributed by atoms with Crippen molar-refractivity contribution in [2.75, 3.05) is 11.1 Å². The first-order chi connectivity index (χ1) is 11.9. The number of benzene rings is 1. The molecule has 0 saturated heterocycles. The second kappa shape index (κ2) is 8.66. The van der Waals surface area contributed by atoms with Crippen molar-refractivity contribution in [3.05, 3.63) is 35.2 Å². The molecule has 2 rings (SSSR count). The van der Waals surface area contributed by atoms with E-state index in [1.165, 1.54) is 11.8 Å². The van der Waals surface area contributed by atoms with Gasteiger partial charge in [0, 0.05) is 25.1 Å². The molecular formula is C17H23N5O2S. The van der Waals surface area contributed by atoms with Gasteiger partial charge in [-0.05, 0) is 38.0 Å². The number of thioether (sulfide) groups is 1. The molecule has 1 aromatic heterocycles. The number of carbonyl (C=O) groups excluding carboxylic acids is 2. The minimum Gasteiger partial charge on any atom is -0.370 e. The van der Waals surface area contributed by atoms with Gasteiger partial charge < -0.3 is 15.6 Å². The lowest BCUT2D eigenvalue weighted by molar-refractivity contribution is -0.118. The zero-order valence-electron chi connectivity index (χ0n) is 14.7. The minimum atomic E-state index is -0.368. The van der Waals surface area contributed by atoms with Gasteiger partial charge in [0.1, 0.15) is 5.82 Å². The fourth-order valence-corrected chi connectivity index (χ4v) is 3.17. The first-order valence-electron chi connectivity index (χ1n) is 8.11. The number of amides is 2. The van der Waals surface area contributed by atoms with Crippen molar-refractivity contribution in [1.29, 1.82) is 0 Å². The number of nitrogens with zero attached hydrogens (tertiary/aromatic N) is 3. The number of carbonyl (C=O) groups is 2. The molecule has 0 saturated carbocycles. The second-order valence-electron chi connectivity index (χ2n) is 5.76. The second-order valence-corrected chi connectivity index (χ2v) is 6.71. The molecule has 0 fully saturated rings. The molecule has 25 heavy (non-hydrogen) atoms. The van der Waals surface area contributed by atoms with E-state index in [1.807, 2.05) is 43.5 Å². The maximum atomic E-state index is 12.2. The lowest BCUT2D eigenvalue weighted by Crippen LogP contribution is -2.16. The van der Waals surface area contributed by atoms with Crippen LogP contribution in [0.25, 0.3) is 0 Å². The van der Waals surface area contributed by atoms with Gasteiger partial charge in [0.15, 0.2) is 5.16 Å². The summed E-state index contributed by atoms with van der Waals surface area (Å²) in [6.45, 7) is 6.58. The van der Waals surface area contributed by atoms with Crippen molar-refractivity contribution >= 4 is 29.3 Å². The van der Waals surface area contributed by atoms with E-state index in [0.29, 0.717) is 23.9 Å². The Bertz CT molecular complexity index is 772. The van der Waals surface area contributed by atoms with Gasteiger partial charge in [0.05, 0.1) is 5.75 Å². The molecule has 0 bridgehead atoms. The predicted molar refractivity (Wildman–Crippen MR) is 98.5 cm³/mol. The number of anilines is 1. The van der Waals surface area contributed by atoms with Crippen molar-refractivity contribution in [1.82, 2.24) is 14.8 Å². The molecule has 0 aliphatic carbocycles. The van der Waals surface area contributed by atoms with Crippen LogP contribution in [0.5, 0.6) is 0 Å². The van der Waals surface area contributed by atoms with Crippen LogP contribution in [-0.4, -0.2) is 32.3 Å². The number of rotatable bonds is 8. The molecule has 3 N–H and O–H groups in total. The van der Waals surface area contributed by atoms with Gasteiger partial charge >= 0.3 is 0 Å². The third-order valence-corrected chi connectivity index (χ3v) is 4.67. The van der Waals surface area contributed by atoms with Gasteiger partial charge in [0.2, 0.25) is 11.8 Å². The maximum Gasteiger partial charge on any atom is 0.234 e. The third kappa shape index (κ3) is 5.32. The fraction of sp³-hybridized carbons (Fsp3) is 0.412. The number of nitrogens with one attached hydrogen (secondary N) is 1. The van der Waals surface area contributed by atoms with E-state index in [4.69, 9.17) is 5.73 Å². The normalized spacial score (nSPS) is 10.7. The van der Waals surface area contributed by atoms with Crippen LogP contribution in [-0.2, 0) is 22.6 Å². The van der Waals surface area contributed by atoms with Crippen LogP contribution in [0, 0.1) is 13.8 Å². The number of nitrogens with two attached hydrogens (primary N) is 1. The van der Waals surface area contributed by atoms with Crippen molar-refractivity contribution in [2.24, 2.45) is 5.73 Å². The molecule has 0 radical (unpaired) electrons. The zero-order chi connectivity index (χ0) is 18.4. The number of hydrogen-bond donors (Lipinski definition) is 2. The summed E-state index contributed by atoms with van der Waals surface area (Å²) in [4.78, 5) is 23.1.